The molecule has 7 heteroatoms. The monoisotopic (exact) mass is 314 g/mol. The van der Waals surface area contributed by atoms with Crippen LogP contribution in [-0.4, -0.2) is 39.2 Å². The molecule has 1 aliphatic rings. The molecule has 1 heterocycles. The maximum absolute atomic E-state index is 12.1. The summed E-state index contributed by atoms with van der Waals surface area (Å²) >= 11 is 7.33. The van der Waals surface area contributed by atoms with E-state index in [4.69, 9.17) is 16.7 Å². The summed E-state index contributed by atoms with van der Waals surface area (Å²) in [5, 5.41) is 12.3. The Balaban J connectivity index is 1.99. The minimum atomic E-state index is -0.972. The number of nitrogens with zero attached hydrogens (tertiary/aromatic N) is 1. The van der Waals surface area contributed by atoms with Gasteiger partial charge in [0.2, 0.25) is 0 Å². The number of carbonyl (C=O) groups excluding carboxylic acids is 1. The van der Waals surface area contributed by atoms with Crippen LogP contribution in [0.2, 0.25) is 5.02 Å². The number of urea groups is 1. The normalized spacial score (nSPS) is 21.8. The Morgan fingerprint density at radius 1 is 1.55 bits per heavy atom. The molecule has 20 heavy (non-hydrogen) atoms. The molecule has 0 saturated carbocycles. The number of rotatable bonds is 3. The predicted octanol–water partition coefficient (Wildman–Crippen LogP) is 2.40. The molecule has 108 valence electrons. The van der Waals surface area contributed by atoms with Crippen LogP contribution < -0.4 is 5.32 Å². The number of benzene rings is 1. The fraction of sp³-hybridized carbons (Fsp3) is 0.385. The van der Waals surface area contributed by atoms with Crippen molar-refractivity contribution in [1.82, 2.24) is 10.2 Å². The second-order valence-corrected chi connectivity index (χ2v) is 6.27. The summed E-state index contributed by atoms with van der Waals surface area (Å²) in [5.41, 5.74) is 0.872. The quantitative estimate of drug-likeness (QED) is 0.899. The lowest BCUT2D eigenvalue weighted by atomic mass is 10.2. The summed E-state index contributed by atoms with van der Waals surface area (Å²) in [6, 6.07) is 6.04. The van der Waals surface area contributed by atoms with Crippen LogP contribution in [-0.2, 0) is 11.3 Å². The highest BCUT2D eigenvalue weighted by Crippen LogP contribution is 2.28. The molecule has 0 aliphatic carbocycles. The van der Waals surface area contributed by atoms with E-state index in [1.165, 1.54) is 16.7 Å². The van der Waals surface area contributed by atoms with Gasteiger partial charge in [0.05, 0.1) is 5.37 Å². The molecular formula is C13H15ClN2O3S. The molecular weight excluding hydrogens is 300 g/mol. The van der Waals surface area contributed by atoms with Crippen molar-refractivity contribution in [1.29, 1.82) is 0 Å². The summed E-state index contributed by atoms with van der Waals surface area (Å²) in [6.45, 7) is 2.15. The van der Waals surface area contributed by atoms with E-state index in [1.54, 1.807) is 18.2 Å². The van der Waals surface area contributed by atoms with Crippen molar-refractivity contribution in [3.63, 3.8) is 0 Å². The first-order valence-corrected chi connectivity index (χ1v) is 7.56. The van der Waals surface area contributed by atoms with Gasteiger partial charge in [0.25, 0.3) is 0 Å². The number of carbonyl (C=O) groups is 2. The molecule has 2 rings (SSSR count). The van der Waals surface area contributed by atoms with Crippen molar-refractivity contribution in [2.75, 3.05) is 5.75 Å². The van der Waals surface area contributed by atoms with E-state index in [0.29, 0.717) is 17.3 Å². The lowest BCUT2D eigenvalue weighted by molar-refractivity contribution is -0.141. The first-order chi connectivity index (χ1) is 9.49. The van der Waals surface area contributed by atoms with Crippen molar-refractivity contribution in [3.05, 3.63) is 34.9 Å². The van der Waals surface area contributed by atoms with Gasteiger partial charge in [-0.15, -0.1) is 11.8 Å². The third-order valence-electron chi connectivity index (χ3n) is 3.08. The second-order valence-electron chi connectivity index (χ2n) is 4.48. The SMILES string of the molecule is CC1SCC(C(=O)O)N1C(=O)NCc1cccc(Cl)c1. The van der Waals surface area contributed by atoms with Crippen LogP contribution in [0.3, 0.4) is 0 Å². The highest BCUT2D eigenvalue weighted by atomic mass is 35.5. The van der Waals surface area contributed by atoms with Crippen LogP contribution in [0.1, 0.15) is 12.5 Å². The Morgan fingerprint density at radius 2 is 2.30 bits per heavy atom. The lowest BCUT2D eigenvalue weighted by Gasteiger charge is -2.25. The molecule has 2 N–H and O–H groups in total. The molecule has 1 saturated heterocycles. The molecule has 2 atom stereocenters. The van der Waals surface area contributed by atoms with Crippen molar-refractivity contribution in [2.45, 2.75) is 24.9 Å². The number of carboxylic acids is 1. The van der Waals surface area contributed by atoms with Gasteiger partial charge in [-0.1, -0.05) is 23.7 Å². The maximum Gasteiger partial charge on any atom is 0.327 e. The number of amides is 2. The van der Waals surface area contributed by atoms with Crippen molar-refractivity contribution >= 4 is 35.4 Å². The number of hydrogen-bond donors (Lipinski definition) is 2. The summed E-state index contributed by atoms with van der Waals surface area (Å²) in [7, 11) is 0. The largest absolute Gasteiger partial charge is 0.480 e. The summed E-state index contributed by atoms with van der Waals surface area (Å²) in [5.74, 6) is -0.555. The fourth-order valence-corrected chi connectivity index (χ4v) is 3.44. The first-order valence-electron chi connectivity index (χ1n) is 6.14. The Hall–Kier alpha value is -1.40. The smallest absolute Gasteiger partial charge is 0.327 e. The van der Waals surface area contributed by atoms with E-state index in [9.17, 15) is 9.59 Å². The van der Waals surface area contributed by atoms with Gasteiger partial charge >= 0.3 is 12.0 Å². The molecule has 1 aromatic carbocycles. The Kier molecular flexibility index (Phi) is 4.77. The summed E-state index contributed by atoms with van der Waals surface area (Å²) in [4.78, 5) is 24.6. The number of aliphatic carboxylic acids is 1. The van der Waals surface area contributed by atoms with Gasteiger partial charge in [-0.05, 0) is 24.6 Å². The molecule has 1 fully saturated rings. The van der Waals surface area contributed by atoms with Gasteiger partial charge in [0.15, 0.2) is 0 Å². The van der Waals surface area contributed by atoms with Gasteiger partial charge in [-0.3, -0.25) is 4.90 Å². The molecule has 2 amide bonds. The zero-order valence-electron chi connectivity index (χ0n) is 10.9. The average Bonchev–Trinajstić information content (AvgIpc) is 2.78. The van der Waals surface area contributed by atoms with Crippen LogP contribution in [0.4, 0.5) is 4.79 Å². The van der Waals surface area contributed by atoms with Gasteiger partial charge in [-0.2, -0.15) is 0 Å². The highest BCUT2D eigenvalue weighted by Gasteiger charge is 2.39. The number of thioether (sulfide) groups is 1. The second kappa shape index (κ2) is 6.37. The van der Waals surface area contributed by atoms with Gasteiger partial charge in [0, 0.05) is 17.3 Å². The molecule has 2 unspecified atom stereocenters. The van der Waals surface area contributed by atoms with Crippen LogP contribution in [0.5, 0.6) is 0 Å². The number of carboxylic acid groups (broad SMARTS) is 1. The predicted molar refractivity (Wildman–Crippen MR) is 78.9 cm³/mol. The van der Waals surface area contributed by atoms with Crippen LogP contribution in [0, 0.1) is 0 Å². The van der Waals surface area contributed by atoms with E-state index in [-0.39, 0.29) is 11.4 Å². The minimum Gasteiger partial charge on any atom is -0.480 e. The maximum atomic E-state index is 12.1. The zero-order valence-corrected chi connectivity index (χ0v) is 12.4. The molecule has 0 bridgehead atoms. The number of halogens is 1. The summed E-state index contributed by atoms with van der Waals surface area (Å²) < 4.78 is 0. The Morgan fingerprint density at radius 3 is 2.95 bits per heavy atom. The Labute approximate surface area is 126 Å². The first kappa shape index (κ1) is 15.0. The van der Waals surface area contributed by atoms with E-state index in [2.05, 4.69) is 5.32 Å². The number of nitrogens with one attached hydrogen (secondary N) is 1. The van der Waals surface area contributed by atoms with Crippen LogP contribution >= 0.6 is 23.4 Å². The van der Waals surface area contributed by atoms with Crippen LogP contribution in [0.25, 0.3) is 0 Å². The van der Waals surface area contributed by atoms with E-state index >= 15 is 0 Å². The van der Waals surface area contributed by atoms with Gasteiger partial charge in [0.1, 0.15) is 6.04 Å². The Bertz CT molecular complexity index is 526. The average molecular weight is 315 g/mol. The molecule has 1 aromatic rings. The van der Waals surface area contributed by atoms with E-state index in [0.717, 1.165) is 5.56 Å². The fourth-order valence-electron chi connectivity index (χ4n) is 2.06. The third-order valence-corrected chi connectivity index (χ3v) is 4.53. The molecule has 0 aromatic heterocycles. The highest BCUT2D eigenvalue weighted by molar-refractivity contribution is 8.00. The third kappa shape index (κ3) is 3.37. The lowest BCUT2D eigenvalue weighted by Crippen LogP contribution is -2.49. The topological polar surface area (TPSA) is 69.6 Å². The number of hydrogen-bond acceptors (Lipinski definition) is 3. The van der Waals surface area contributed by atoms with Crippen molar-refractivity contribution in [3.8, 4) is 0 Å². The van der Waals surface area contributed by atoms with Crippen molar-refractivity contribution in [2.24, 2.45) is 0 Å². The van der Waals surface area contributed by atoms with Gasteiger partial charge < -0.3 is 10.4 Å². The van der Waals surface area contributed by atoms with E-state index in [1.807, 2.05) is 13.0 Å². The van der Waals surface area contributed by atoms with E-state index < -0.39 is 12.0 Å². The summed E-state index contributed by atoms with van der Waals surface area (Å²) in [6.07, 6.45) is 0. The molecule has 0 radical (unpaired) electrons. The van der Waals surface area contributed by atoms with Crippen molar-refractivity contribution < 1.29 is 14.7 Å². The molecule has 5 nitrogen and oxygen atoms in total. The van der Waals surface area contributed by atoms with Gasteiger partial charge in [-0.25, -0.2) is 9.59 Å². The molecule has 0 spiro atoms. The molecule has 1 aliphatic heterocycles. The standard InChI is InChI=1S/C13H15ClN2O3S/c1-8-16(11(7-20-8)12(17)18)13(19)15-6-9-3-2-4-10(14)5-9/h2-5,8,11H,6-7H2,1H3,(H,15,19)(H,17,18). The van der Waals surface area contributed by atoms with Crippen LogP contribution in [0.15, 0.2) is 24.3 Å². The minimum absolute atomic E-state index is 0.143. The zero-order chi connectivity index (χ0) is 14.7.